The second-order valence-electron chi connectivity index (χ2n) is 7.21. The van der Waals surface area contributed by atoms with Gasteiger partial charge in [-0.05, 0) is 53.6 Å². The largest absolute Gasteiger partial charge is 0.495 e. The Morgan fingerprint density at radius 3 is 1.94 bits per heavy atom. The Bertz CT molecular complexity index is 1180. The molecule has 0 aliphatic rings. The summed E-state index contributed by atoms with van der Waals surface area (Å²) in [5.41, 5.74) is 9.55. The number of methoxy groups -OCH3 is 4. The molecule has 0 amide bonds. The molecule has 0 saturated carbocycles. The van der Waals surface area contributed by atoms with E-state index in [9.17, 15) is 4.79 Å². The number of ketones is 1. The number of carbonyl (C=O) groups is 1. The zero-order valence-corrected chi connectivity index (χ0v) is 19.6. The maximum absolute atomic E-state index is 12.3. The van der Waals surface area contributed by atoms with Crippen molar-refractivity contribution in [1.29, 1.82) is 0 Å². The molecular formula is C27H28N2O5. The van der Waals surface area contributed by atoms with Gasteiger partial charge in [-0.3, -0.25) is 4.79 Å². The zero-order chi connectivity index (χ0) is 24.5. The van der Waals surface area contributed by atoms with Crippen LogP contribution in [-0.4, -0.2) is 34.2 Å². The number of hydrogen-bond donors (Lipinski definition) is 2. The molecule has 34 heavy (non-hydrogen) atoms. The van der Waals surface area contributed by atoms with Gasteiger partial charge in [0.1, 0.15) is 5.75 Å². The molecule has 0 bridgehead atoms. The molecule has 3 rings (SSSR count). The molecule has 0 aliphatic heterocycles. The first-order valence-corrected chi connectivity index (χ1v) is 10.5. The van der Waals surface area contributed by atoms with E-state index in [0.717, 1.165) is 16.8 Å². The molecule has 0 heterocycles. The van der Waals surface area contributed by atoms with Crippen molar-refractivity contribution in [3.63, 3.8) is 0 Å². The van der Waals surface area contributed by atoms with Crippen molar-refractivity contribution in [2.24, 2.45) is 0 Å². The first kappa shape index (κ1) is 24.3. The SMILES string of the molecule is COc1ccc(C(=O)/C=C\Nc2ccc(/C=C\c3cc(OC)c(OC)c(OC)c3)cc2)cc1N. The summed E-state index contributed by atoms with van der Waals surface area (Å²) in [5.74, 6) is 2.13. The Morgan fingerprint density at radius 1 is 0.765 bits per heavy atom. The minimum atomic E-state index is -0.160. The van der Waals surface area contributed by atoms with Crippen molar-refractivity contribution < 1.29 is 23.7 Å². The lowest BCUT2D eigenvalue weighted by molar-refractivity contribution is 0.104. The minimum Gasteiger partial charge on any atom is -0.495 e. The van der Waals surface area contributed by atoms with Crippen LogP contribution in [0.1, 0.15) is 21.5 Å². The van der Waals surface area contributed by atoms with Crippen molar-refractivity contribution in [3.05, 3.63) is 83.6 Å². The molecule has 0 spiro atoms. The van der Waals surface area contributed by atoms with E-state index >= 15 is 0 Å². The van der Waals surface area contributed by atoms with E-state index in [4.69, 9.17) is 24.7 Å². The minimum absolute atomic E-state index is 0.160. The quantitative estimate of drug-likeness (QED) is 0.184. The van der Waals surface area contributed by atoms with E-state index < -0.39 is 0 Å². The van der Waals surface area contributed by atoms with Crippen molar-refractivity contribution >= 4 is 29.3 Å². The summed E-state index contributed by atoms with van der Waals surface area (Å²) in [7, 11) is 6.28. The first-order valence-electron chi connectivity index (χ1n) is 10.5. The molecule has 3 aromatic carbocycles. The van der Waals surface area contributed by atoms with E-state index in [2.05, 4.69) is 5.32 Å². The molecule has 0 aliphatic carbocycles. The number of nitrogen functional groups attached to an aromatic ring is 1. The van der Waals surface area contributed by atoms with Gasteiger partial charge in [-0.2, -0.15) is 0 Å². The second-order valence-corrected chi connectivity index (χ2v) is 7.21. The molecule has 0 unspecified atom stereocenters. The van der Waals surface area contributed by atoms with Gasteiger partial charge in [-0.15, -0.1) is 0 Å². The van der Waals surface area contributed by atoms with E-state index in [0.29, 0.717) is 34.2 Å². The van der Waals surface area contributed by atoms with Crippen LogP contribution in [0.25, 0.3) is 12.2 Å². The van der Waals surface area contributed by atoms with Gasteiger partial charge >= 0.3 is 0 Å². The lowest BCUT2D eigenvalue weighted by Gasteiger charge is -2.12. The fourth-order valence-electron chi connectivity index (χ4n) is 3.28. The highest BCUT2D eigenvalue weighted by molar-refractivity contribution is 6.05. The highest BCUT2D eigenvalue weighted by Gasteiger charge is 2.12. The summed E-state index contributed by atoms with van der Waals surface area (Å²) in [6.45, 7) is 0. The van der Waals surface area contributed by atoms with Gasteiger partial charge in [-0.1, -0.05) is 24.3 Å². The van der Waals surface area contributed by atoms with Gasteiger partial charge in [0.05, 0.1) is 34.1 Å². The molecule has 0 atom stereocenters. The normalized spacial score (nSPS) is 10.9. The van der Waals surface area contributed by atoms with Crippen molar-refractivity contribution in [2.45, 2.75) is 0 Å². The fourth-order valence-corrected chi connectivity index (χ4v) is 3.28. The number of nitrogens with one attached hydrogen (secondary N) is 1. The summed E-state index contributed by atoms with van der Waals surface area (Å²) in [4.78, 5) is 12.3. The molecule has 0 aromatic heterocycles. The number of carbonyl (C=O) groups excluding carboxylic acids is 1. The molecule has 3 N–H and O–H groups in total. The van der Waals surface area contributed by atoms with Crippen LogP contribution in [-0.2, 0) is 0 Å². The van der Waals surface area contributed by atoms with Crippen LogP contribution in [0.5, 0.6) is 23.0 Å². The Labute approximate surface area is 199 Å². The monoisotopic (exact) mass is 460 g/mol. The smallest absolute Gasteiger partial charge is 0.203 e. The zero-order valence-electron chi connectivity index (χ0n) is 19.6. The van der Waals surface area contributed by atoms with E-state index in [1.807, 2.05) is 48.6 Å². The summed E-state index contributed by atoms with van der Waals surface area (Å²) in [6.07, 6.45) is 7.01. The van der Waals surface area contributed by atoms with Gasteiger partial charge in [0.15, 0.2) is 17.3 Å². The van der Waals surface area contributed by atoms with Crippen LogP contribution in [0.4, 0.5) is 11.4 Å². The van der Waals surface area contributed by atoms with Crippen LogP contribution in [0.3, 0.4) is 0 Å². The van der Waals surface area contributed by atoms with Crippen molar-refractivity contribution in [3.8, 4) is 23.0 Å². The Kier molecular flexibility index (Phi) is 8.18. The molecule has 0 saturated heterocycles. The summed E-state index contributed by atoms with van der Waals surface area (Å²) in [5, 5.41) is 3.10. The summed E-state index contributed by atoms with van der Waals surface area (Å²) in [6, 6.07) is 16.5. The molecule has 7 nitrogen and oxygen atoms in total. The van der Waals surface area contributed by atoms with E-state index in [-0.39, 0.29) is 5.78 Å². The topological polar surface area (TPSA) is 92.0 Å². The molecule has 7 heteroatoms. The highest BCUT2D eigenvalue weighted by Crippen LogP contribution is 2.38. The van der Waals surface area contributed by atoms with Crippen molar-refractivity contribution in [2.75, 3.05) is 39.5 Å². The van der Waals surface area contributed by atoms with E-state index in [1.54, 1.807) is 45.7 Å². The lowest BCUT2D eigenvalue weighted by Crippen LogP contribution is -1.99. The predicted molar refractivity (Wildman–Crippen MR) is 136 cm³/mol. The fraction of sp³-hybridized carbons (Fsp3) is 0.148. The third-order valence-electron chi connectivity index (χ3n) is 5.06. The first-order chi connectivity index (χ1) is 16.5. The molecule has 3 aromatic rings. The third-order valence-corrected chi connectivity index (χ3v) is 5.06. The van der Waals surface area contributed by atoms with E-state index in [1.165, 1.54) is 13.2 Å². The van der Waals surface area contributed by atoms with Crippen LogP contribution < -0.4 is 30.0 Å². The van der Waals surface area contributed by atoms with Crippen molar-refractivity contribution in [1.82, 2.24) is 0 Å². The Balaban J connectivity index is 1.63. The van der Waals surface area contributed by atoms with Gasteiger partial charge in [0, 0.05) is 23.5 Å². The number of hydrogen-bond acceptors (Lipinski definition) is 7. The predicted octanol–water partition coefficient (Wildman–Crippen LogP) is 5.28. The third kappa shape index (κ3) is 5.89. The highest BCUT2D eigenvalue weighted by atomic mass is 16.5. The van der Waals surface area contributed by atoms with Crippen LogP contribution in [0.2, 0.25) is 0 Å². The van der Waals surface area contributed by atoms with Gasteiger partial charge in [0.25, 0.3) is 0 Å². The number of benzene rings is 3. The second kappa shape index (κ2) is 11.5. The average Bonchev–Trinajstić information content (AvgIpc) is 2.87. The molecule has 0 fully saturated rings. The Hall–Kier alpha value is -4.39. The maximum atomic E-state index is 12.3. The standard InChI is InChI=1S/C27H28N2O5/c1-31-24-12-9-20(17-22(24)28)23(30)13-14-29-21-10-7-18(8-11-21)5-6-19-15-25(32-2)27(34-4)26(16-19)33-3/h5-17,29H,28H2,1-4H3/b6-5-,14-13-. The van der Waals surface area contributed by atoms with Crippen LogP contribution in [0.15, 0.2) is 66.9 Å². The van der Waals surface area contributed by atoms with Crippen LogP contribution in [0, 0.1) is 0 Å². The molecule has 0 radical (unpaired) electrons. The summed E-state index contributed by atoms with van der Waals surface area (Å²) < 4.78 is 21.3. The molecular weight excluding hydrogens is 432 g/mol. The number of allylic oxidation sites excluding steroid dienone is 1. The number of rotatable bonds is 10. The average molecular weight is 461 g/mol. The number of anilines is 2. The van der Waals surface area contributed by atoms with Gasteiger partial charge < -0.3 is 30.0 Å². The van der Waals surface area contributed by atoms with Gasteiger partial charge in [0.2, 0.25) is 5.75 Å². The Morgan fingerprint density at radius 2 is 1.38 bits per heavy atom. The maximum Gasteiger partial charge on any atom is 0.203 e. The molecule has 176 valence electrons. The summed E-state index contributed by atoms with van der Waals surface area (Å²) >= 11 is 0. The lowest BCUT2D eigenvalue weighted by atomic mass is 10.1. The number of ether oxygens (including phenoxy) is 4. The van der Waals surface area contributed by atoms with Crippen LogP contribution >= 0.6 is 0 Å². The number of nitrogens with two attached hydrogens (primary N) is 1. The van der Waals surface area contributed by atoms with Gasteiger partial charge in [-0.25, -0.2) is 0 Å².